The number of phenolic OH excluding ortho intramolecular Hbond substituents is 4. The Morgan fingerprint density at radius 1 is 0.350 bits per heavy atom. The van der Waals surface area contributed by atoms with E-state index in [-0.39, 0.29) is 0 Å². The number of aromatic hydroxyl groups is 4. The lowest BCUT2D eigenvalue weighted by Gasteiger charge is -1.92. The molecule has 0 amide bonds. The van der Waals surface area contributed by atoms with Crippen LogP contribution in [0.2, 0.25) is 0 Å². The Morgan fingerprint density at radius 2 is 0.500 bits per heavy atom. The van der Waals surface area contributed by atoms with E-state index in [1.54, 1.807) is 0 Å². The first-order chi connectivity index (χ1) is 18.6. The quantitative estimate of drug-likeness (QED) is 0.119. The van der Waals surface area contributed by atoms with E-state index in [0.717, 1.165) is 48.5 Å². The third kappa shape index (κ3) is 13.3. The number of halogens is 8. The van der Waals surface area contributed by atoms with Crippen LogP contribution in [0.4, 0.5) is 35.1 Å². The fourth-order valence-electron chi connectivity index (χ4n) is 1.97. The van der Waals surface area contributed by atoms with Crippen LogP contribution in [0.1, 0.15) is 0 Å². The van der Waals surface area contributed by atoms with Crippen LogP contribution >= 0.6 is 0 Å². The van der Waals surface area contributed by atoms with E-state index in [9.17, 15) is 35.1 Å². The fraction of sp³-hybridized carbons (Fsp3) is 0. The predicted molar refractivity (Wildman–Crippen MR) is 125 cm³/mol. The smallest absolute Gasteiger partial charge is 0.505 e. The van der Waals surface area contributed by atoms with E-state index in [1.807, 2.05) is 0 Å². The molecule has 4 rings (SSSR count). The van der Waals surface area contributed by atoms with E-state index in [4.69, 9.17) is 35.5 Å². The molecule has 0 fully saturated rings. The molecule has 0 spiro atoms. The van der Waals surface area contributed by atoms with Crippen molar-refractivity contribution in [3.05, 3.63) is 119 Å². The molecule has 0 aromatic heterocycles. The summed E-state index contributed by atoms with van der Waals surface area (Å²) in [5.41, 5.74) is 0. The van der Waals surface area contributed by atoms with Crippen molar-refractivity contribution in [1.82, 2.24) is 0 Å². The summed E-state index contributed by atoms with van der Waals surface area (Å²) in [6.07, 6.45) is 0. The first kappa shape index (κ1) is 35.5. The molecule has 4 aromatic carbocycles. The van der Waals surface area contributed by atoms with Gasteiger partial charge in [0.25, 0.3) is 0 Å². The van der Waals surface area contributed by atoms with Crippen molar-refractivity contribution in [2.75, 3.05) is 0 Å². The molecule has 0 aliphatic heterocycles. The second-order valence-corrected chi connectivity index (χ2v) is 6.64. The van der Waals surface area contributed by atoms with Crippen molar-refractivity contribution in [3.63, 3.8) is 0 Å². The third-order valence-corrected chi connectivity index (χ3v) is 3.72. The fourth-order valence-corrected chi connectivity index (χ4v) is 1.97. The van der Waals surface area contributed by atoms with Crippen molar-refractivity contribution < 1.29 is 70.6 Å². The minimum absolute atomic E-state index is 0.657. The summed E-state index contributed by atoms with van der Waals surface area (Å²) in [6, 6.07) is 13.0. The summed E-state index contributed by atoms with van der Waals surface area (Å²) < 4.78 is 96.6. The Labute approximate surface area is 220 Å². The topological polar surface area (TPSA) is 142 Å². The zero-order valence-electron chi connectivity index (χ0n) is 19.7. The minimum atomic E-state index is -2.17. The molecule has 7 nitrogen and oxygen atoms in total. The summed E-state index contributed by atoms with van der Waals surface area (Å²) in [5.74, 6) is -11.5. The second kappa shape index (κ2) is 17.9. The summed E-state index contributed by atoms with van der Waals surface area (Å²) in [4.78, 5) is 0. The average molecular weight is 582 g/mol. The molecule has 16 heteroatoms. The number of hydrogen-bond donors (Lipinski definition) is 7. The van der Waals surface area contributed by atoms with Gasteiger partial charge in [-0.1, -0.05) is 24.3 Å². The molecule has 4 aromatic rings. The van der Waals surface area contributed by atoms with Crippen LogP contribution in [0.5, 0.6) is 23.0 Å². The van der Waals surface area contributed by atoms with Gasteiger partial charge in [-0.2, -0.15) is 17.6 Å². The first-order valence-electron chi connectivity index (χ1n) is 10.2. The predicted octanol–water partition coefficient (Wildman–Crippen LogP) is 4.63. The molecule has 0 radical (unpaired) electrons. The van der Waals surface area contributed by atoms with Gasteiger partial charge in [-0.25, -0.2) is 17.6 Å². The highest BCUT2D eigenvalue weighted by atomic mass is 19.2. The maximum absolute atomic E-state index is 12.1. The van der Waals surface area contributed by atoms with Crippen molar-refractivity contribution in [3.8, 4) is 23.0 Å². The first-order valence-corrected chi connectivity index (χ1v) is 10.2. The highest BCUT2D eigenvalue weighted by Crippen LogP contribution is 2.18. The number of phenols is 4. The Morgan fingerprint density at radius 3 is 0.600 bits per heavy atom. The van der Waals surface area contributed by atoms with Crippen LogP contribution in [0.3, 0.4) is 0 Å². The van der Waals surface area contributed by atoms with E-state index < -0.39 is 76.9 Å². The van der Waals surface area contributed by atoms with Crippen LogP contribution in [-0.2, 0) is 0 Å². The molecular formula is C24H19BF8O7. The zero-order chi connectivity index (χ0) is 31.0. The largest absolute Gasteiger partial charge is 0.631 e. The summed E-state index contributed by atoms with van der Waals surface area (Å²) in [5, 5.41) is 55.4. The van der Waals surface area contributed by atoms with Crippen LogP contribution in [0, 0.1) is 46.5 Å². The van der Waals surface area contributed by atoms with Gasteiger partial charge in [-0.15, -0.1) is 0 Å². The molecule has 0 saturated heterocycles. The lowest BCUT2D eigenvalue weighted by atomic mass is 10.3. The van der Waals surface area contributed by atoms with Gasteiger partial charge < -0.3 is 35.5 Å². The van der Waals surface area contributed by atoms with Gasteiger partial charge in [0.1, 0.15) is 0 Å². The molecule has 0 atom stereocenters. The molecule has 0 saturated carbocycles. The average Bonchev–Trinajstić information content (AvgIpc) is 2.88. The van der Waals surface area contributed by atoms with Crippen molar-refractivity contribution in [2.45, 2.75) is 0 Å². The minimum Gasteiger partial charge on any atom is -0.505 e. The number of hydrogen-bond acceptors (Lipinski definition) is 7. The van der Waals surface area contributed by atoms with Crippen LogP contribution in [-0.4, -0.2) is 42.8 Å². The zero-order valence-corrected chi connectivity index (χ0v) is 19.7. The lowest BCUT2D eigenvalue weighted by Crippen LogP contribution is -2.07. The van der Waals surface area contributed by atoms with E-state index in [2.05, 4.69) is 0 Å². The van der Waals surface area contributed by atoms with E-state index in [1.165, 1.54) is 24.3 Å². The molecule has 0 bridgehead atoms. The van der Waals surface area contributed by atoms with Gasteiger partial charge in [-0.3, -0.25) is 0 Å². The molecule has 0 aliphatic rings. The van der Waals surface area contributed by atoms with Gasteiger partial charge in [0.2, 0.25) is 0 Å². The number of benzene rings is 4. The molecule has 0 heterocycles. The maximum atomic E-state index is 12.1. The highest BCUT2D eigenvalue weighted by Gasteiger charge is 2.05. The molecule has 40 heavy (non-hydrogen) atoms. The van der Waals surface area contributed by atoms with Gasteiger partial charge in [-0.05, 0) is 48.5 Å². The van der Waals surface area contributed by atoms with Crippen LogP contribution in [0.25, 0.3) is 0 Å². The maximum Gasteiger partial charge on any atom is 0.631 e. The van der Waals surface area contributed by atoms with Gasteiger partial charge in [0, 0.05) is 0 Å². The summed E-state index contributed by atoms with van der Waals surface area (Å²) in [6.45, 7) is 0. The van der Waals surface area contributed by atoms with Gasteiger partial charge in [0.15, 0.2) is 69.5 Å². The Bertz CT molecular complexity index is 1070. The van der Waals surface area contributed by atoms with Crippen molar-refractivity contribution >= 4 is 7.32 Å². The lowest BCUT2D eigenvalue weighted by molar-refractivity contribution is 0.278. The summed E-state index contributed by atoms with van der Waals surface area (Å²) >= 11 is 0. The van der Waals surface area contributed by atoms with Crippen molar-refractivity contribution in [2.24, 2.45) is 0 Å². The Hall–Kier alpha value is -4.54. The highest BCUT2D eigenvalue weighted by molar-refractivity contribution is 6.30. The SMILES string of the molecule is OB(O)O.Oc1cccc(F)c1F.Oc1cccc(F)c1F.Oc1cccc(F)c1F.Oc1cccc(F)c1F. The Kier molecular flexibility index (Phi) is 15.9. The third-order valence-electron chi connectivity index (χ3n) is 3.72. The normalized spacial score (nSPS) is 9.28. The van der Waals surface area contributed by atoms with E-state index in [0.29, 0.717) is 0 Å². The Balaban J connectivity index is 0.000000485. The standard InChI is InChI=1S/4C6H4F2O.BH3O3/c4*7-4-2-1-3-5(9)6(4)8;2-1(3)4/h4*1-3,9H;2-4H. The van der Waals surface area contributed by atoms with E-state index >= 15 is 0 Å². The monoisotopic (exact) mass is 582 g/mol. The summed E-state index contributed by atoms with van der Waals surface area (Å²) in [7, 11) is -2.17. The second-order valence-electron chi connectivity index (χ2n) is 6.64. The molecular weight excluding hydrogens is 563 g/mol. The van der Waals surface area contributed by atoms with Crippen molar-refractivity contribution in [1.29, 1.82) is 0 Å². The van der Waals surface area contributed by atoms with Gasteiger partial charge in [0.05, 0.1) is 0 Å². The molecule has 7 N–H and O–H groups in total. The van der Waals surface area contributed by atoms with Crippen LogP contribution < -0.4 is 0 Å². The number of rotatable bonds is 0. The van der Waals surface area contributed by atoms with Crippen LogP contribution in [0.15, 0.2) is 72.8 Å². The molecule has 0 aliphatic carbocycles. The van der Waals surface area contributed by atoms with Gasteiger partial charge >= 0.3 is 7.32 Å². The molecule has 0 unspecified atom stereocenters. The molecule has 216 valence electrons.